The van der Waals surface area contributed by atoms with Gasteiger partial charge in [0.05, 0.1) is 21.4 Å². The van der Waals surface area contributed by atoms with Gasteiger partial charge < -0.3 is 10.1 Å². The normalized spacial score (nSPS) is 14.1. The Labute approximate surface area is 202 Å². The van der Waals surface area contributed by atoms with Gasteiger partial charge in [0, 0.05) is 24.7 Å². The first kappa shape index (κ1) is 24.6. The maximum absolute atomic E-state index is 12.6. The fraction of sp³-hybridized carbons (Fsp3) is 0.333. The molecule has 4 rings (SSSR count). The zero-order valence-electron chi connectivity index (χ0n) is 19.6. The molecule has 1 aromatic heterocycles. The van der Waals surface area contributed by atoms with Crippen molar-refractivity contribution in [1.29, 1.82) is 0 Å². The molecule has 1 amide bonds. The van der Waals surface area contributed by atoms with Gasteiger partial charge in [-0.05, 0) is 69.7 Å². The molecule has 1 unspecified atom stereocenters. The van der Waals surface area contributed by atoms with E-state index in [1.165, 1.54) is 43.3 Å². The van der Waals surface area contributed by atoms with E-state index < -0.39 is 28.0 Å². The Balaban J connectivity index is 1.42. The second-order valence-corrected chi connectivity index (χ2v) is 10.4. The van der Waals surface area contributed by atoms with E-state index >= 15 is 0 Å². The van der Waals surface area contributed by atoms with E-state index in [4.69, 9.17) is 4.74 Å². The van der Waals surface area contributed by atoms with Crippen molar-refractivity contribution in [3.05, 3.63) is 64.2 Å². The summed E-state index contributed by atoms with van der Waals surface area (Å²) in [6, 6.07) is 9.91. The number of anilines is 1. The van der Waals surface area contributed by atoms with Crippen LogP contribution in [0.15, 0.2) is 52.2 Å². The highest BCUT2D eigenvalue weighted by atomic mass is 32.2. The van der Waals surface area contributed by atoms with Crippen LogP contribution in [0, 0.1) is 0 Å². The highest BCUT2D eigenvalue weighted by Gasteiger charge is 2.22. The van der Waals surface area contributed by atoms with Crippen LogP contribution in [0.5, 0.6) is 0 Å². The number of carbonyl (C=O) groups excluding carboxylic acids is 2. The van der Waals surface area contributed by atoms with Gasteiger partial charge in [-0.3, -0.25) is 14.2 Å². The second kappa shape index (κ2) is 9.59. The van der Waals surface area contributed by atoms with E-state index in [0.717, 1.165) is 6.42 Å². The number of aryl methyl sites for hydroxylation is 1. The molecule has 2 aromatic carbocycles. The van der Waals surface area contributed by atoms with Gasteiger partial charge in [0.25, 0.3) is 11.5 Å². The standard InChI is InChI=1S/C24H26N4O6S/c1-14(2)27-35(32,33)18-9-7-17(8-10-18)25-22(29)15(3)34-24(31)16-6-11-19-20(13-16)26-21-5-4-12-28(21)23(19)30/h6-11,13-15,27H,4-5,12H2,1-3H3,(H,25,29). The van der Waals surface area contributed by atoms with E-state index in [-0.39, 0.29) is 22.1 Å². The molecule has 0 saturated carbocycles. The zero-order valence-corrected chi connectivity index (χ0v) is 20.4. The Morgan fingerprint density at radius 3 is 2.49 bits per heavy atom. The Morgan fingerprint density at radius 2 is 1.80 bits per heavy atom. The molecular weight excluding hydrogens is 472 g/mol. The van der Waals surface area contributed by atoms with Crippen molar-refractivity contribution in [2.75, 3.05) is 5.32 Å². The number of nitrogens with zero attached hydrogens (tertiary/aromatic N) is 2. The summed E-state index contributed by atoms with van der Waals surface area (Å²) in [7, 11) is -3.65. The van der Waals surface area contributed by atoms with Crippen LogP contribution in [0.2, 0.25) is 0 Å². The number of carbonyl (C=O) groups is 2. The lowest BCUT2D eigenvalue weighted by atomic mass is 10.1. The van der Waals surface area contributed by atoms with E-state index in [2.05, 4.69) is 15.0 Å². The zero-order chi connectivity index (χ0) is 25.3. The minimum Gasteiger partial charge on any atom is -0.449 e. The molecule has 1 aliphatic heterocycles. The van der Waals surface area contributed by atoms with E-state index in [9.17, 15) is 22.8 Å². The number of nitrogens with one attached hydrogen (secondary N) is 2. The summed E-state index contributed by atoms with van der Waals surface area (Å²) in [6.45, 7) is 5.50. The number of aromatic nitrogens is 2. The summed E-state index contributed by atoms with van der Waals surface area (Å²) in [5.74, 6) is -0.609. The molecule has 0 bridgehead atoms. The molecule has 1 atom stereocenters. The van der Waals surface area contributed by atoms with Crippen LogP contribution in [-0.2, 0) is 32.5 Å². The first-order chi connectivity index (χ1) is 16.5. The molecule has 0 saturated heterocycles. The van der Waals surface area contributed by atoms with Crippen molar-refractivity contribution in [3.8, 4) is 0 Å². The minimum absolute atomic E-state index is 0.0684. The topological polar surface area (TPSA) is 136 Å². The average Bonchev–Trinajstić information content (AvgIpc) is 3.27. The van der Waals surface area contributed by atoms with Crippen LogP contribution < -0.4 is 15.6 Å². The SMILES string of the molecule is CC(C)NS(=O)(=O)c1ccc(NC(=O)C(C)OC(=O)c2ccc3c(=O)n4c(nc3c2)CCC4)cc1. The lowest BCUT2D eigenvalue weighted by Gasteiger charge is -2.14. The van der Waals surface area contributed by atoms with Crippen molar-refractivity contribution in [1.82, 2.24) is 14.3 Å². The Bertz CT molecular complexity index is 1460. The number of sulfonamides is 1. The highest BCUT2D eigenvalue weighted by Crippen LogP contribution is 2.18. The highest BCUT2D eigenvalue weighted by molar-refractivity contribution is 7.89. The predicted molar refractivity (Wildman–Crippen MR) is 130 cm³/mol. The van der Waals surface area contributed by atoms with Gasteiger partial charge >= 0.3 is 5.97 Å². The first-order valence-corrected chi connectivity index (χ1v) is 12.7. The number of hydrogen-bond acceptors (Lipinski definition) is 7. The molecule has 2 heterocycles. The molecule has 0 aliphatic carbocycles. The quantitative estimate of drug-likeness (QED) is 0.477. The molecule has 11 heteroatoms. The van der Waals surface area contributed by atoms with Gasteiger partial charge in [0.2, 0.25) is 10.0 Å². The summed E-state index contributed by atoms with van der Waals surface area (Å²) in [5, 5.41) is 3.02. The van der Waals surface area contributed by atoms with Gasteiger partial charge in [-0.15, -0.1) is 0 Å². The monoisotopic (exact) mass is 498 g/mol. The predicted octanol–water partition coefficient (Wildman–Crippen LogP) is 2.21. The van der Waals surface area contributed by atoms with Gasteiger partial charge in [0.15, 0.2) is 6.10 Å². The van der Waals surface area contributed by atoms with Crippen LogP contribution in [0.3, 0.4) is 0 Å². The van der Waals surface area contributed by atoms with E-state index in [1.54, 1.807) is 24.5 Å². The number of fused-ring (bicyclic) bond motifs is 2. The van der Waals surface area contributed by atoms with Crippen LogP contribution in [0.4, 0.5) is 5.69 Å². The van der Waals surface area contributed by atoms with Crippen LogP contribution in [-0.4, -0.2) is 42.0 Å². The summed E-state index contributed by atoms with van der Waals surface area (Å²) >= 11 is 0. The minimum atomic E-state index is -3.65. The average molecular weight is 499 g/mol. The maximum Gasteiger partial charge on any atom is 0.338 e. The summed E-state index contributed by atoms with van der Waals surface area (Å²) in [6.07, 6.45) is 0.439. The third-order valence-electron chi connectivity index (χ3n) is 5.53. The van der Waals surface area contributed by atoms with Crippen LogP contribution in [0.25, 0.3) is 10.9 Å². The van der Waals surface area contributed by atoms with E-state index in [1.807, 2.05) is 0 Å². The van der Waals surface area contributed by atoms with Crippen molar-refractivity contribution < 1.29 is 22.7 Å². The van der Waals surface area contributed by atoms with Gasteiger partial charge in [0.1, 0.15) is 5.82 Å². The number of hydrogen-bond donors (Lipinski definition) is 2. The molecule has 1 aliphatic rings. The summed E-state index contributed by atoms with van der Waals surface area (Å²) in [4.78, 5) is 42.3. The van der Waals surface area contributed by atoms with Gasteiger partial charge in [-0.25, -0.2) is 22.9 Å². The molecule has 0 radical (unpaired) electrons. The summed E-state index contributed by atoms with van der Waals surface area (Å²) < 4.78 is 33.9. The molecule has 0 spiro atoms. The van der Waals surface area contributed by atoms with Crippen molar-refractivity contribution >= 4 is 38.5 Å². The number of rotatable bonds is 7. The van der Waals surface area contributed by atoms with Crippen LogP contribution >= 0.6 is 0 Å². The fourth-order valence-corrected chi connectivity index (χ4v) is 5.08. The lowest BCUT2D eigenvalue weighted by molar-refractivity contribution is -0.123. The third-order valence-corrected chi connectivity index (χ3v) is 7.20. The largest absolute Gasteiger partial charge is 0.449 e. The lowest BCUT2D eigenvalue weighted by Crippen LogP contribution is -2.31. The fourth-order valence-electron chi connectivity index (χ4n) is 3.83. The van der Waals surface area contributed by atoms with Crippen LogP contribution in [0.1, 0.15) is 43.4 Å². The molecule has 2 N–H and O–H groups in total. The van der Waals surface area contributed by atoms with Crippen molar-refractivity contribution in [2.24, 2.45) is 0 Å². The van der Waals surface area contributed by atoms with Crippen molar-refractivity contribution in [3.63, 3.8) is 0 Å². The Morgan fingerprint density at radius 1 is 1.09 bits per heavy atom. The number of esters is 1. The first-order valence-electron chi connectivity index (χ1n) is 11.2. The number of benzene rings is 2. The molecule has 3 aromatic rings. The number of amides is 1. The maximum atomic E-state index is 12.6. The van der Waals surface area contributed by atoms with Gasteiger partial charge in [-0.2, -0.15) is 0 Å². The molecule has 184 valence electrons. The Kier molecular flexibility index (Phi) is 6.73. The number of ether oxygens (including phenoxy) is 1. The second-order valence-electron chi connectivity index (χ2n) is 8.66. The smallest absolute Gasteiger partial charge is 0.338 e. The van der Waals surface area contributed by atoms with Crippen molar-refractivity contribution in [2.45, 2.75) is 57.2 Å². The molecule has 10 nitrogen and oxygen atoms in total. The summed E-state index contributed by atoms with van der Waals surface area (Å²) in [5.41, 5.74) is 0.815. The Hall–Kier alpha value is -3.57. The third kappa shape index (κ3) is 5.25. The molecule has 35 heavy (non-hydrogen) atoms. The van der Waals surface area contributed by atoms with Gasteiger partial charge in [-0.1, -0.05) is 0 Å². The molecule has 0 fully saturated rings. The van der Waals surface area contributed by atoms with E-state index in [0.29, 0.717) is 35.4 Å². The molecular formula is C24H26N4O6S.